The molecule has 0 aliphatic carbocycles. The number of carbonyl (C=O) groups excluding carboxylic acids is 3. The van der Waals surface area contributed by atoms with Gasteiger partial charge < -0.3 is 20.1 Å². The van der Waals surface area contributed by atoms with E-state index in [2.05, 4.69) is 56.4 Å². The van der Waals surface area contributed by atoms with Crippen molar-refractivity contribution in [1.29, 1.82) is 0 Å². The van der Waals surface area contributed by atoms with E-state index in [9.17, 15) is 23.8 Å². The average Bonchev–Trinajstić information content (AvgIpc) is 3.12. The van der Waals surface area contributed by atoms with Crippen molar-refractivity contribution in [2.45, 2.75) is 155 Å². The molecule has 1 unspecified atom stereocenters. The maximum atomic E-state index is 12.5. The van der Waals surface area contributed by atoms with Crippen molar-refractivity contribution < 1.29 is 42.4 Å². The molecule has 0 aromatic heterocycles. The Kier molecular flexibility index (Phi) is 34.9. The van der Waals surface area contributed by atoms with Gasteiger partial charge in [0.2, 0.25) is 0 Å². The van der Waals surface area contributed by atoms with Gasteiger partial charge >= 0.3 is 19.8 Å². The standard InChI is InChI=1S/C41H70NO9P/c1-3-5-7-9-11-12-13-14-15-16-17-18-20-24-29-33-41(45)51-39(37-50-52(46,47)49-35-34-42)36-48-40(44)32-28-25-21-23-27-31-38(43)30-26-22-19-10-8-6-4-2/h5,7,11-12,14-15,19,22,26,30,39H,3-4,6,8-10,13,16-18,20-21,23-25,27-29,31-37,42H2,1-2H3,(H,46,47)/b7-5-,12-11-,15-14-,22-19-,30-26+/t39-/m1/s1. The van der Waals surface area contributed by atoms with Gasteiger partial charge in [-0.25, -0.2) is 4.57 Å². The molecular weight excluding hydrogens is 681 g/mol. The lowest BCUT2D eigenvalue weighted by Gasteiger charge is -2.19. The van der Waals surface area contributed by atoms with Crippen molar-refractivity contribution in [1.82, 2.24) is 0 Å². The van der Waals surface area contributed by atoms with E-state index in [4.69, 9.17) is 24.3 Å². The summed E-state index contributed by atoms with van der Waals surface area (Å²) in [4.78, 5) is 46.7. The van der Waals surface area contributed by atoms with Crippen LogP contribution in [0.4, 0.5) is 0 Å². The number of unbranched alkanes of at least 4 members (excludes halogenated alkanes) is 12. The molecule has 0 bridgehead atoms. The molecule has 0 heterocycles. The van der Waals surface area contributed by atoms with Crippen LogP contribution < -0.4 is 5.73 Å². The molecule has 3 N–H and O–H groups in total. The first kappa shape index (κ1) is 49.4. The van der Waals surface area contributed by atoms with E-state index >= 15 is 0 Å². The molecule has 0 saturated carbocycles. The van der Waals surface area contributed by atoms with Crippen LogP contribution in [0, 0.1) is 0 Å². The number of phosphoric acid groups is 1. The molecule has 11 heteroatoms. The van der Waals surface area contributed by atoms with Crippen LogP contribution in [0.1, 0.15) is 149 Å². The molecule has 0 aromatic rings. The number of rotatable bonds is 36. The van der Waals surface area contributed by atoms with Crippen molar-refractivity contribution in [3.8, 4) is 0 Å². The molecule has 0 saturated heterocycles. The van der Waals surface area contributed by atoms with Gasteiger partial charge in [0.05, 0.1) is 13.2 Å². The Morgan fingerprint density at radius 2 is 1.23 bits per heavy atom. The number of nitrogens with two attached hydrogens (primary N) is 1. The van der Waals surface area contributed by atoms with E-state index in [1.807, 2.05) is 12.2 Å². The predicted octanol–water partition coefficient (Wildman–Crippen LogP) is 10.1. The Labute approximate surface area is 315 Å². The number of ether oxygens (including phenoxy) is 2. The van der Waals surface area contributed by atoms with Crippen LogP contribution in [-0.4, -0.2) is 55.1 Å². The number of ketones is 1. The number of allylic oxidation sites excluding steroid dienone is 10. The second-order valence-electron chi connectivity index (χ2n) is 12.8. The van der Waals surface area contributed by atoms with Crippen LogP contribution in [-0.2, 0) is 37.5 Å². The lowest BCUT2D eigenvalue weighted by molar-refractivity contribution is -0.161. The minimum Gasteiger partial charge on any atom is -0.462 e. The van der Waals surface area contributed by atoms with Crippen molar-refractivity contribution >= 4 is 25.5 Å². The summed E-state index contributed by atoms with van der Waals surface area (Å²) in [6, 6.07) is 0. The van der Waals surface area contributed by atoms with Gasteiger partial charge in [0.1, 0.15) is 6.61 Å². The number of carbonyl (C=O) groups is 3. The first-order valence-electron chi connectivity index (χ1n) is 19.7. The van der Waals surface area contributed by atoms with E-state index in [1.165, 1.54) is 19.3 Å². The Morgan fingerprint density at radius 1 is 0.654 bits per heavy atom. The SMILES string of the molecule is CC/C=C\C/C=C\C/C=C\CCCCCCCC(=O)O[C@H](COC(=O)CCCCCCCC(=O)/C=C/C=C\CCCCC)COP(=O)(O)OCCN. The van der Waals surface area contributed by atoms with E-state index in [0.29, 0.717) is 19.3 Å². The van der Waals surface area contributed by atoms with E-state index < -0.39 is 32.5 Å². The maximum absolute atomic E-state index is 12.5. The molecule has 0 aliphatic rings. The fraction of sp³-hybridized carbons (Fsp3) is 0.683. The van der Waals surface area contributed by atoms with Gasteiger partial charge in [-0.2, -0.15) is 0 Å². The molecule has 2 atom stereocenters. The minimum atomic E-state index is -4.41. The monoisotopic (exact) mass is 751 g/mol. The highest BCUT2D eigenvalue weighted by atomic mass is 31.2. The zero-order valence-corrected chi connectivity index (χ0v) is 33.2. The number of hydrogen-bond donors (Lipinski definition) is 2. The topological polar surface area (TPSA) is 151 Å². The Balaban J connectivity index is 4.33. The molecule has 10 nitrogen and oxygen atoms in total. The summed E-state index contributed by atoms with van der Waals surface area (Å²) in [6.07, 6.45) is 37.8. The smallest absolute Gasteiger partial charge is 0.462 e. The summed E-state index contributed by atoms with van der Waals surface area (Å²) >= 11 is 0. The van der Waals surface area contributed by atoms with Gasteiger partial charge in [-0.05, 0) is 70.3 Å². The first-order chi connectivity index (χ1) is 25.2. The molecule has 298 valence electrons. The molecule has 0 fully saturated rings. The van der Waals surface area contributed by atoms with Crippen LogP contribution in [0.5, 0.6) is 0 Å². The van der Waals surface area contributed by atoms with Gasteiger partial charge in [-0.15, -0.1) is 0 Å². The highest BCUT2D eigenvalue weighted by Crippen LogP contribution is 2.43. The summed E-state index contributed by atoms with van der Waals surface area (Å²) in [6.45, 7) is 3.38. The van der Waals surface area contributed by atoms with Crippen LogP contribution in [0.3, 0.4) is 0 Å². The molecule has 52 heavy (non-hydrogen) atoms. The normalized spacial score (nSPS) is 13.9. The second kappa shape index (κ2) is 36.7. The van der Waals surface area contributed by atoms with Gasteiger partial charge in [-0.1, -0.05) is 120 Å². The maximum Gasteiger partial charge on any atom is 0.472 e. The average molecular weight is 752 g/mol. The summed E-state index contributed by atoms with van der Waals surface area (Å²) in [5.41, 5.74) is 5.32. The zero-order chi connectivity index (χ0) is 38.4. The lowest BCUT2D eigenvalue weighted by Crippen LogP contribution is -2.29. The minimum absolute atomic E-state index is 0.0300. The van der Waals surface area contributed by atoms with Crippen LogP contribution >= 0.6 is 7.82 Å². The van der Waals surface area contributed by atoms with Crippen molar-refractivity contribution in [3.63, 3.8) is 0 Å². The van der Waals surface area contributed by atoms with Gasteiger partial charge in [0.15, 0.2) is 11.9 Å². The largest absolute Gasteiger partial charge is 0.472 e. The van der Waals surface area contributed by atoms with Gasteiger partial charge in [0.25, 0.3) is 0 Å². The Hall–Kier alpha value is -2.62. The molecular formula is C41H70NO9P. The number of hydrogen-bond acceptors (Lipinski definition) is 9. The molecule has 0 aliphatic heterocycles. The molecule has 0 spiro atoms. The van der Waals surface area contributed by atoms with E-state index in [-0.39, 0.29) is 38.4 Å². The van der Waals surface area contributed by atoms with Gasteiger partial charge in [-0.3, -0.25) is 23.4 Å². The van der Waals surface area contributed by atoms with Crippen LogP contribution in [0.15, 0.2) is 60.8 Å². The summed E-state index contributed by atoms with van der Waals surface area (Å²) in [5.74, 6) is -0.828. The quantitative estimate of drug-likeness (QED) is 0.0158. The Bertz CT molecular complexity index is 1100. The molecule has 0 amide bonds. The number of esters is 2. The number of phosphoric ester groups is 1. The predicted molar refractivity (Wildman–Crippen MR) is 211 cm³/mol. The Morgan fingerprint density at radius 3 is 1.90 bits per heavy atom. The van der Waals surface area contributed by atoms with Crippen LogP contribution in [0.25, 0.3) is 0 Å². The van der Waals surface area contributed by atoms with Crippen molar-refractivity contribution in [2.75, 3.05) is 26.4 Å². The summed E-state index contributed by atoms with van der Waals surface area (Å²) < 4.78 is 32.6. The highest BCUT2D eigenvalue weighted by molar-refractivity contribution is 7.47. The highest BCUT2D eigenvalue weighted by Gasteiger charge is 2.26. The third-order valence-electron chi connectivity index (χ3n) is 7.86. The lowest BCUT2D eigenvalue weighted by atomic mass is 10.1. The molecule has 0 radical (unpaired) electrons. The summed E-state index contributed by atoms with van der Waals surface area (Å²) in [5, 5.41) is 0. The third kappa shape index (κ3) is 35.8. The fourth-order valence-corrected chi connectivity index (χ4v) is 5.69. The van der Waals surface area contributed by atoms with E-state index in [1.54, 1.807) is 6.08 Å². The second-order valence-corrected chi connectivity index (χ2v) is 14.3. The fourth-order valence-electron chi connectivity index (χ4n) is 4.92. The molecule has 0 aromatic carbocycles. The van der Waals surface area contributed by atoms with Gasteiger partial charge in [0, 0.05) is 25.8 Å². The van der Waals surface area contributed by atoms with E-state index in [0.717, 1.165) is 83.5 Å². The zero-order valence-electron chi connectivity index (χ0n) is 32.3. The first-order valence-corrected chi connectivity index (χ1v) is 21.2. The van der Waals surface area contributed by atoms with Crippen molar-refractivity contribution in [3.05, 3.63) is 60.8 Å². The third-order valence-corrected chi connectivity index (χ3v) is 8.85. The summed E-state index contributed by atoms with van der Waals surface area (Å²) in [7, 11) is -4.41. The van der Waals surface area contributed by atoms with Crippen molar-refractivity contribution in [2.24, 2.45) is 5.73 Å². The molecule has 0 rings (SSSR count). The van der Waals surface area contributed by atoms with Crippen LogP contribution in [0.2, 0.25) is 0 Å².